The van der Waals surface area contributed by atoms with Crippen LogP contribution < -0.4 is 11.1 Å². The fourth-order valence-electron chi connectivity index (χ4n) is 3.31. The lowest BCUT2D eigenvalue weighted by Crippen LogP contribution is -2.52. The maximum absolute atomic E-state index is 12.5. The van der Waals surface area contributed by atoms with Crippen LogP contribution in [0, 0.1) is 5.92 Å². The van der Waals surface area contributed by atoms with E-state index in [1.165, 1.54) is 6.92 Å². The van der Waals surface area contributed by atoms with Gasteiger partial charge in [0.25, 0.3) is 0 Å². The summed E-state index contributed by atoms with van der Waals surface area (Å²) in [4.78, 5) is 39.8. The molecule has 0 radical (unpaired) electrons. The lowest BCUT2D eigenvalue weighted by molar-refractivity contribution is -0.135. The SMILES string of the molecule is C[C@@H](O)[C@H](NC(=O)[C@H]1CCN(C(=O)[C@H]2CCCN2C)C1)C(N)=O. The van der Waals surface area contributed by atoms with Crippen LogP contribution in [0.5, 0.6) is 0 Å². The largest absolute Gasteiger partial charge is 0.391 e. The standard InChI is InChI=1S/C15H26N4O4/c1-9(20)12(13(16)21)17-14(22)10-5-7-19(8-10)15(23)11-4-3-6-18(11)2/h9-12,20H,3-8H2,1-2H3,(H2,16,21)(H,17,22)/t9-,10+,11-,12+/m1/s1. The molecule has 2 fully saturated rings. The van der Waals surface area contributed by atoms with Crippen LogP contribution >= 0.6 is 0 Å². The minimum Gasteiger partial charge on any atom is -0.391 e. The van der Waals surface area contributed by atoms with Crippen LogP contribution in [-0.2, 0) is 14.4 Å². The lowest BCUT2D eigenvalue weighted by atomic mass is 10.1. The summed E-state index contributed by atoms with van der Waals surface area (Å²) in [5, 5.41) is 12.0. The van der Waals surface area contributed by atoms with Crippen LogP contribution in [0.15, 0.2) is 0 Å². The molecule has 23 heavy (non-hydrogen) atoms. The van der Waals surface area contributed by atoms with E-state index in [4.69, 9.17) is 5.73 Å². The Balaban J connectivity index is 1.90. The van der Waals surface area contributed by atoms with E-state index in [-0.39, 0.29) is 23.8 Å². The van der Waals surface area contributed by atoms with Gasteiger partial charge in [0.1, 0.15) is 6.04 Å². The number of hydrogen-bond acceptors (Lipinski definition) is 5. The van der Waals surface area contributed by atoms with Crippen LogP contribution in [0.4, 0.5) is 0 Å². The predicted octanol–water partition coefficient (Wildman–Crippen LogP) is -1.72. The Hall–Kier alpha value is -1.67. The number of likely N-dealkylation sites (tertiary alicyclic amines) is 2. The van der Waals surface area contributed by atoms with E-state index in [2.05, 4.69) is 5.32 Å². The van der Waals surface area contributed by atoms with Gasteiger partial charge < -0.3 is 21.1 Å². The monoisotopic (exact) mass is 326 g/mol. The van der Waals surface area contributed by atoms with Gasteiger partial charge in [-0.25, -0.2) is 0 Å². The van der Waals surface area contributed by atoms with E-state index < -0.39 is 18.1 Å². The molecule has 2 heterocycles. The first-order valence-corrected chi connectivity index (χ1v) is 8.08. The number of carbonyl (C=O) groups excluding carboxylic acids is 3. The van der Waals surface area contributed by atoms with Crippen molar-refractivity contribution in [2.75, 3.05) is 26.7 Å². The van der Waals surface area contributed by atoms with E-state index in [1.807, 2.05) is 11.9 Å². The van der Waals surface area contributed by atoms with Crippen molar-refractivity contribution >= 4 is 17.7 Å². The Labute approximate surface area is 136 Å². The summed E-state index contributed by atoms with van der Waals surface area (Å²) in [6.45, 7) is 3.20. The number of nitrogens with two attached hydrogens (primary N) is 1. The average molecular weight is 326 g/mol. The molecule has 8 heteroatoms. The minimum absolute atomic E-state index is 0.0716. The first-order valence-electron chi connectivity index (χ1n) is 8.08. The molecule has 2 saturated heterocycles. The Bertz CT molecular complexity index is 482. The number of nitrogens with zero attached hydrogens (tertiary/aromatic N) is 2. The number of nitrogens with one attached hydrogen (secondary N) is 1. The highest BCUT2D eigenvalue weighted by atomic mass is 16.3. The molecule has 0 aromatic carbocycles. The second-order valence-electron chi connectivity index (χ2n) is 6.54. The Morgan fingerprint density at radius 2 is 1.96 bits per heavy atom. The van der Waals surface area contributed by atoms with Crippen molar-refractivity contribution in [3.8, 4) is 0 Å². The van der Waals surface area contributed by atoms with E-state index in [1.54, 1.807) is 4.90 Å². The number of rotatable bonds is 5. The Morgan fingerprint density at radius 1 is 1.26 bits per heavy atom. The zero-order valence-electron chi connectivity index (χ0n) is 13.7. The number of aliphatic hydroxyl groups excluding tert-OH is 1. The normalized spacial score (nSPS) is 27.7. The van der Waals surface area contributed by atoms with Gasteiger partial charge in [-0.15, -0.1) is 0 Å². The molecule has 130 valence electrons. The first-order chi connectivity index (χ1) is 10.8. The molecule has 2 rings (SSSR count). The summed E-state index contributed by atoms with van der Waals surface area (Å²) in [5.41, 5.74) is 5.17. The molecule has 0 unspecified atom stereocenters. The number of amides is 3. The van der Waals surface area contributed by atoms with E-state index in [0.29, 0.717) is 19.5 Å². The quantitative estimate of drug-likeness (QED) is 0.556. The number of likely N-dealkylation sites (N-methyl/N-ethyl adjacent to an activating group) is 1. The molecule has 4 atom stereocenters. The van der Waals surface area contributed by atoms with Crippen molar-refractivity contribution in [1.82, 2.24) is 15.1 Å². The van der Waals surface area contributed by atoms with Crippen LogP contribution in [0.2, 0.25) is 0 Å². The van der Waals surface area contributed by atoms with Crippen molar-refractivity contribution in [2.24, 2.45) is 11.7 Å². The molecule has 0 aliphatic carbocycles. The van der Waals surface area contributed by atoms with Gasteiger partial charge in [-0.1, -0.05) is 0 Å². The zero-order valence-corrected chi connectivity index (χ0v) is 13.7. The molecule has 0 saturated carbocycles. The number of hydrogen-bond donors (Lipinski definition) is 3. The van der Waals surface area contributed by atoms with Crippen molar-refractivity contribution in [2.45, 2.75) is 44.4 Å². The summed E-state index contributed by atoms with van der Waals surface area (Å²) in [5.74, 6) is -1.41. The Morgan fingerprint density at radius 3 is 2.48 bits per heavy atom. The predicted molar refractivity (Wildman–Crippen MR) is 83.1 cm³/mol. The maximum Gasteiger partial charge on any atom is 0.242 e. The van der Waals surface area contributed by atoms with Crippen LogP contribution in [-0.4, -0.2) is 77.5 Å². The van der Waals surface area contributed by atoms with E-state index >= 15 is 0 Å². The second kappa shape index (κ2) is 7.27. The molecular formula is C15H26N4O4. The van der Waals surface area contributed by atoms with Crippen molar-refractivity contribution in [3.05, 3.63) is 0 Å². The van der Waals surface area contributed by atoms with Gasteiger partial charge in [0.15, 0.2) is 0 Å². The first kappa shape index (κ1) is 17.7. The number of aliphatic hydroxyl groups is 1. The smallest absolute Gasteiger partial charge is 0.242 e. The summed E-state index contributed by atoms with van der Waals surface area (Å²) in [6.07, 6.45) is 1.37. The van der Waals surface area contributed by atoms with Gasteiger partial charge in [0.2, 0.25) is 17.7 Å². The van der Waals surface area contributed by atoms with E-state index in [9.17, 15) is 19.5 Å². The number of carbonyl (C=O) groups is 3. The molecule has 8 nitrogen and oxygen atoms in total. The summed E-state index contributed by atoms with van der Waals surface area (Å²) >= 11 is 0. The fraction of sp³-hybridized carbons (Fsp3) is 0.800. The van der Waals surface area contributed by atoms with Gasteiger partial charge in [0, 0.05) is 13.1 Å². The Kier molecular flexibility index (Phi) is 5.59. The average Bonchev–Trinajstić information content (AvgIpc) is 3.11. The van der Waals surface area contributed by atoms with Crippen LogP contribution in [0.3, 0.4) is 0 Å². The molecule has 2 aliphatic heterocycles. The van der Waals surface area contributed by atoms with Gasteiger partial charge in [-0.05, 0) is 39.8 Å². The van der Waals surface area contributed by atoms with Crippen LogP contribution in [0.25, 0.3) is 0 Å². The number of primary amides is 1. The minimum atomic E-state index is -1.10. The van der Waals surface area contributed by atoms with E-state index in [0.717, 1.165) is 19.4 Å². The summed E-state index contributed by atoms with van der Waals surface area (Å²) < 4.78 is 0. The maximum atomic E-state index is 12.5. The fourth-order valence-corrected chi connectivity index (χ4v) is 3.31. The summed E-state index contributed by atoms with van der Waals surface area (Å²) in [7, 11) is 1.94. The molecule has 3 amide bonds. The van der Waals surface area contributed by atoms with Gasteiger partial charge >= 0.3 is 0 Å². The molecule has 4 N–H and O–H groups in total. The second-order valence-corrected chi connectivity index (χ2v) is 6.54. The van der Waals surface area contributed by atoms with Crippen LogP contribution in [0.1, 0.15) is 26.2 Å². The highest BCUT2D eigenvalue weighted by molar-refractivity contribution is 5.89. The summed E-state index contributed by atoms with van der Waals surface area (Å²) in [6, 6.07) is -1.19. The van der Waals surface area contributed by atoms with Crippen molar-refractivity contribution in [3.63, 3.8) is 0 Å². The third-order valence-corrected chi connectivity index (χ3v) is 4.76. The highest BCUT2D eigenvalue weighted by Crippen LogP contribution is 2.22. The molecule has 0 bridgehead atoms. The van der Waals surface area contributed by atoms with Gasteiger partial charge in [-0.2, -0.15) is 0 Å². The molecule has 2 aliphatic rings. The molecule has 0 aromatic heterocycles. The highest BCUT2D eigenvalue weighted by Gasteiger charge is 2.38. The third kappa shape index (κ3) is 4.00. The topological polar surface area (TPSA) is 116 Å². The lowest BCUT2D eigenvalue weighted by Gasteiger charge is -2.25. The molecular weight excluding hydrogens is 300 g/mol. The van der Waals surface area contributed by atoms with Crippen molar-refractivity contribution in [1.29, 1.82) is 0 Å². The molecule has 0 aromatic rings. The molecule has 0 spiro atoms. The zero-order chi connectivity index (χ0) is 17.1. The van der Waals surface area contributed by atoms with Crippen molar-refractivity contribution < 1.29 is 19.5 Å². The third-order valence-electron chi connectivity index (χ3n) is 4.76. The van der Waals surface area contributed by atoms with Gasteiger partial charge in [-0.3, -0.25) is 19.3 Å². The van der Waals surface area contributed by atoms with Gasteiger partial charge in [0.05, 0.1) is 18.1 Å².